The average Bonchev–Trinajstić information content (AvgIpc) is 2.38. The first-order valence-electron chi connectivity index (χ1n) is 6.30. The van der Waals surface area contributed by atoms with Gasteiger partial charge in [0.25, 0.3) is 0 Å². The van der Waals surface area contributed by atoms with Gasteiger partial charge in [0.05, 0.1) is 6.04 Å². The number of hydrogen-bond acceptors (Lipinski definition) is 1. The molecule has 2 aromatic carbocycles. The molecule has 0 aromatic heterocycles. The third-order valence-electron chi connectivity index (χ3n) is 3.27. The molecule has 1 atom stereocenters. The van der Waals surface area contributed by atoms with Crippen molar-refractivity contribution in [2.24, 2.45) is 5.73 Å². The summed E-state index contributed by atoms with van der Waals surface area (Å²) in [6.07, 6.45) is 0. The Morgan fingerprint density at radius 1 is 0.842 bits per heavy atom. The summed E-state index contributed by atoms with van der Waals surface area (Å²) in [5, 5.41) is 0. The minimum Gasteiger partial charge on any atom is -0.320 e. The fourth-order valence-corrected chi connectivity index (χ4v) is 2.06. The number of nitrogens with two attached hydrogens (primary N) is 1. The molecule has 0 amide bonds. The molecule has 0 fully saturated rings. The van der Waals surface area contributed by atoms with Crippen LogP contribution in [-0.4, -0.2) is 0 Å². The largest absolute Gasteiger partial charge is 0.320 e. The van der Waals surface area contributed by atoms with E-state index in [9.17, 15) is 8.78 Å². The standard InChI is InChI=1S/C16H17F2N/c1-10(2)11-6-8-12(9-7-11)16(19)15-13(17)4-3-5-14(15)18/h3-10,16H,19H2,1-2H3. The van der Waals surface area contributed by atoms with Gasteiger partial charge in [0.1, 0.15) is 11.6 Å². The van der Waals surface area contributed by atoms with Crippen molar-refractivity contribution in [3.63, 3.8) is 0 Å². The third-order valence-corrected chi connectivity index (χ3v) is 3.27. The molecule has 0 saturated carbocycles. The van der Waals surface area contributed by atoms with Gasteiger partial charge in [0.2, 0.25) is 0 Å². The molecule has 3 heteroatoms. The Kier molecular flexibility index (Phi) is 3.96. The predicted molar refractivity (Wildman–Crippen MR) is 72.9 cm³/mol. The quantitative estimate of drug-likeness (QED) is 0.883. The van der Waals surface area contributed by atoms with Crippen molar-refractivity contribution in [3.8, 4) is 0 Å². The monoisotopic (exact) mass is 261 g/mol. The summed E-state index contributed by atoms with van der Waals surface area (Å²) in [5.41, 5.74) is 7.75. The van der Waals surface area contributed by atoms with E-state index in [1.54, 1.807) is 0 Å². The lowest BCUT2D eigenvalue weighted by Crippen LogP contribution is -2.15. The molecule has 2 N–H and O–H groups in total. The predicted octanol–water partition coefficient (Wildman–Crippen LogP) is 4.14. The fourth-order valence-electron chi connectivity index (χ4n) is 2.06. The zero-order valence-corrected chi connectivity index (χ0v) is 11.0. The summed E-state index contributed by atoms with van der Waals surface area (Å²) in [5.74, 6) is -0.809. The lowest BCUT2D eigenvalue weighted by molar-refractivity contribution is 0.543. The molecule has 0 bridgehead atoms. The SMILES string of the molecule is CC(C)c1ccc(C(N)c2c(F)cccc2F)cc1. The minimum atomic E-state index is -0.789. The van der Waals surface area contributed by atoms with Gasteiger partial charge >= 0.3 is 0 Å². The van der Waals surface area contributed by atoms with Crippen LogP contribution >= 0.6 is 0 Å². The first kappa shape index (κ1) is 13.7. The van der Waals surface area contributed by atoms with Crippen LogP contribution in [0.15, 0.2) is 42.5 Å². The molecule has 0 aliphatic carbocycles. The molecule has 0 aliphatic heterocycles. The molecule has 0 spiro atoms. The van der Waals surface area contributed by atoms with Gasteiger partial charge in [0, 0.05) is 5.56 Å². The Bertz CT molecular complexity index is 541. The number of halogens is 2. The van der Waals surface area contributed by atoms with Gasteiger partial charge in [-0.05, 0) is 29.2 Å². The normalized spacial score (nSPS) is 12.7. The Morgan fingerprint density at radius 3 is 1.79 bits per heavy atom. The molecule has 0 radical (unpaired) electrons. The highest BCUT2D eigenvalue weighted by atomic mass is 19.1. The van der Waals surface area contributed by atoms with Crippen LogP contribution in [0.1, 0.15) is 42.5 Å². The summed E-state index contributed by atoms with van der Waals surface area (Å²) in [6.45, 7) is 4.18. The van der Waals surface area contributed by atoms with Crippen LogP contribution in [0.3, 0.4) is 0 Å². The highest BCUT2D eigenvalue weighted by molar-refractivity contribution is 5.35. The Morgan fingerprint density at radius 2 is 1.32 bits per heavy atom. The van der Waals surface area contributed by atoms with E-state index in [1.807, 2.05) is 24.3 Å². The molecule has 2 aromatic rings. The summed E-state index contributed by atoms with van der Waals surface area (Å²) < 4.78 is 27.3. The maximum atomic E-state index is 13.7. The van der Waals surface area contributed by atoms with Crippen molar-refractivity contribution >= 4 is 0 Å². The number of hydrogen-bond donors (Lipinski definition) is 1. The summed E-state index contributed by atoms with van der Waals surface area (Å²) in [7, 11) is 0. The van der Waals surface area contributed by atoms with Crippen LogP contribution in [0.4, 0.5) is 8.78 Å². The van der Waals surface area contributed by atoms with Crippen LogP contribution in [0.5, 0.6) is 0 Å². The van der Waals surface area contributed by atoms with Gasteiger partial charge < -0.3 is 5.73 Å². The second-order valence-corrected chi connectivity index (χ2v) is 4.93. The Balaban J connectivity index is 2.36. The molecular weight excluding hydrogens is 244 g/mol. The maximum Gasteiger partial charge on any atom is 0.131 e. The van der Waals surface area contributed by atoms with E-state index < -0.39 is 17.7 Å². The molecule has 1 unspecified atom stereocenters. The van der Waals surface area contributed by atoms with Crippen LogP contribution in [0, 0.1) is 11.6 Å². The van der Waals surface area contributed by atoms with Gasteiger partial charge in [-0.3, -0.25) is 0 Å². The lowest BCUT2D eigenvalue weighted by Gasteiger charge is -2.15. The summed E-state index contributed by atoms with van der Waals surface area (Å²) in [4.78, 5) is 0. The Hall–Kier alpha value is -1.74. The van der Waals surface area contributed by atoms with Gasteiger partial charge in [0.15, 0.2) is 0 Å². The number of benzene rings is 2. The van der Waals surface area contributed by atoms with Crippen molar-refractivity contribution in [2.75, 3.05) is 0 Å². The molecule has 2 rings (SSSR count). The Labute approximate surface area is 112 Å². The molecule has 19 heavy (non-hydrogen) atoms. The van der Waals surface area contributed by atoms with E-state index >= 15 is 0 Å². The van der Waals surface area contributed by atoms with Crippen LogP contribution in [0.2, 0.25) is 0 Å². The van der Waals surface area contributed by atoms with Gasteiger partial charge in [-0.25, -0.2) is 8.78 Å². The lowest BCUT2D eigenvalue weighted by atomic mass is 9.95. The maximum absolute atomic E-state index is 13.7. The second kappa shape index (κ2) is 5.49. The molecular formula is C16H17F2N. The highest BCUT2D eigenvalue weighted by Gasteiger charge is 2.18. The fraction of sp³-hybridized carbons (Fsp3) is 0.250. The zero-order valence-electron chi connectivity index (χ0n) is 11.0. The van der Waals surface area contributed by atoms with Crippen molar-refractivity contribution in [3.05, 3.63) is 70.8 Å². The molecule has 1 nitrogen and oxygen atoms in total. The van der Waals surface area contributed by atoms with E-state index in [2.05, 4.69) is 13.8 Å². The molecule has 100 valence electrons. The topological polar surface area (TPSA) is 26.0 Å². The van der Waals surface area contributed by atoms with Crippen molar-refractivity contribution < 1.29 is 8.78 Å². The van der Waals surface area contributed by atoms with E-state index in [-0.39, 0.29) is 5.56 Å². The molecule has 0 saturated heterocycles. The minimum absolute atomic E-state index is 0.0835. The van der Waals surface area contributed by atoms with Gasteiger partial charge in [-0.15, -0.1) is 0 Å². The van der Waals surface area contributed by atoms with Crippen molar-refractivity contribution in [1.29, 1.82) is 0 Å². The van der Waals surface area contributed by atoms with E-state index in [4.69, 9.17) is 5.73 Å². The average molecular weight is 261 g/mol. The van der Waals surface area contributed by atoms with Crippen LogP contribution < -0.4 is 5.73 Å². The van der Waals surface area contributed by atoms with Crippen LogP contribution in [0.25, 0.3) is 0 Å². The first-order chi connectivity index (χ1) is 9.00. The van der Waals surface area contributed by atoms with Crippen LogP contribution in [-0.2, 0) is 0 Å². The number of rotatable bonds is 3. The third kappa shape index (κ3) is 2.82. The second-order valence-electron chi connectivity index (χ2n) is 4.93. The van der Waals surface area contributed by atoms with E-state index in [0.29, 0.717) is 11.5 Å². The van der Waals surface area contributed by atoms with Gasteiger partial charge in [-0.1, -0.05) is 44.2 Å². The highest BCUT2D eigenvalue weighted by Crippen LogP contribution is 2.26. The van der Waals surface area contributed by atoms with Crippen molar-refractivity contribution in [1.82, 2.24) is 0 Å². The van der Waals surface area contributed by atoms with Crippen molar-refractivity contribution in [2.45, 2.75) is 25.8 Å². The van der Waals surface area contributed by atoms with E-state index in [1.165, 1.54) is 23.8 Å². The molecule has 0 aliphatic rings. The smallest absolute Gasteiger partial charge is 0.131 e. The van der Waals surface area contributed by atoms with Gasteiger partial charge in [-0.2, -0.15) is 0 Å². The zero-order chi connectivity index (χ0) is 14.0. The van der Waals surface area contributed by atoms with E-state index in [0.717, 1.165) is 0 Å². The first-order valence-corrected chi connectivity index (χ1v) is 6.30. The summed E-state index contributed by atoms with van der Waals surface area (Å²) >= 11 is 0. The molecule has 0 heterocycles. The summed E-state index contributed by atoms with van der Waals surface area (Å²) in [6, 6.07) is 10.5.